The first-order valence-electron chi connectivity index (χ1n) is 5.05. The number of nitrogens with two attached hydrogens (primary N) is 1. The third-order valence-electron chi connectivity index (χ3n) is 3.15. The highest BCUT2D eigenvalue weighted by Crippen LogP contribution is 2.36. The summed E-state index contributed by atoms with van der Waals surface area (Å²) in [5, 5.41) is 2.84. The number of nitrogens with one attached hydrogen (secondary N) is 1. The van der Waals surface area contributed by atoms with Gasteiger partial charge in [-0.1, -0.05) is 0 Å². The van der Waals surface area contributed by atoms with Gasteiger partial charge in [0.05, 0.1) is 0 Å². The van der Waals surface area contributed by atoms with E-state index in [1.165, 1.54) is 0 Å². The third-order valence-corrected chi connectivity index (χ3v) is 3.15. The SMILES string of the molecule is CCNC(=O)N1C2CCC1C(N)C2. The maximum absolute atomic E-state index is 11.6. The van der Waals surface area contributed by atoms with Crippen molar-refractivity contribution in [3.63, 3.8) is 0 Å². The fourth-order valence-electron chi connectivity index (χ4n) is 2.59. The van der Waals surface area contributed by atoms with Crippen molar-refractivity contribution in [3.05, 3.63) is 0 Å². The Kier molecular flexibility index (Phi) is 2.15. The number of urea groups is 1. The van der Waals surface area contributed by atoms with Gasteiger partial charge in [0.1, 0.15) is 0 Å². The second-order valence-electron chi connectivity index (χ2n) is 3.94. The number of carbonyl (C=O) groups is 1. The number of hydrogen-bond acceptors (Lipinski definition) is 2. The van der Waals surface area contributed by atoms with Crippen LogP contribution in [0.4, 0.5) is 4.79 Å². The molecule has 0 aliphatic carbocycles. The van der Waals surface area contributed by atoms with E-state index in [1.54, 1.807) is 0 Å². The molecule has 2 heterocycles. The van der Waals surface area contributed by atoms with Crippen LogP contribution in [-0.2, 0) is 0 Å². The topological polar surface area (TPSA) is 58.4 Å². The third kappa shape index (κ3) is 1.29. The van der Waals surface area contributed by atoms with Crippen LogP contribution in [0.1, 0.15) is 26.2 Å². The molecule has 2 aliphatic heterocycles. The largest absolute Gasteiger partial charge is 0.338 e. The lowest BCUT2D eigenvalue weighted by Gasteiger charge is -2.22. The lowest BCUT2D eigenvalue weighted by molar-refractivity contribution is 0.191. The Bertz CT molecular complexity index is 219. The van der Waals surface area contributed by atoms with E-state index in [4.69, 9.17) is 5.73 Å². The molecule has 13 heavy (non-hydrogen) atoms. The van der Waals surface area contributed by atoms with Crippen molar-refractivity contribution in [1.29, 1.82) is 0 Å². The van der Waals surface area contributed by atoms with Gasteiger partial charge in [0.2, 0.25) is 0 Å². The molecule has 0 saturated carbocycles. The van der Waals surface area contributed by atoms with E-state index in [0.717, 1.165) is 19.3 Å². The lowest BCUT2D eigenvalue weighted by atomic mass is 9.97. The average Bonchev–Trinajstić information content (AvgIpc) is 2.60. The van der Waals surface area contributed by atoms with E-state index in [2.05, 4.69) is 5.32 Å². The molecule has 2 bridgehead atoms. The number of hydrogen-bond donors (Lipinski definition) is 2. The van der Waals surface area contributed by atoms with Crippen molar-refractivity contribution in [2.24, 2.45) is 5.73 Å². The van der Waals surface area contributed by atoms with E-state index in [1.807, 2.05) is 11.8 Å². The van der Waals surface area contributed by atoms with Crippen LogP contribution in [0.3, 0.4) is 0 Å². The van der Waals surface area contributed by atoms with Crippen molar-refractivity contribution in [2.45, 2.75) is 44.3 Å². The van der Waals surface area contributed by atoms with Gasteiger partial charge in [-0.2, -0.15) is 0 Å². The average molecular weight is 183 g/mol. The smallest absolute Gasteiger partial charge is 0.317 e. The summed E-state index contributed by atoms with van der Waals surface area (Å²) in [4.78, 5) is 13.6. The Morgan fingerprint density at radius 1 is 1.62 bits per heavy atom. The van der Waals surface area contributed by atoms with E-state index in [9.17, 15) is 4.79 Å². The molecule has 2 aliphatic rings. The molecule has 0 spiro atoms. The molecule has 4 heteroatoms. The summed E-state index contributed by atoms with van der Waals surface area (Å²) in [6.45, 7) is 2.64. The Balaban J connectivity index is 2.04. The first-order chi connectivity index (χ1) is 6.24. The lowest BCUT2D eigenvalue weighted by Crippen LogP contribution is -2.45. The number of nitrogens with zero attached hydrogens (tertiary/aromatic N) is 1. The summed E-state index contributed by atoms with van der Waals surface area (Å²) in [7, 11) is 0. The predicted molar refractivity (Wildman–Crippen MR) is 50.3 cm³/mol. The summed E-state index contributed by atoms with van der Waals surface area (Å²) in [6, 6.07) is 0.993. The monoisotopic (exact) mass is 183 g/mol. The molecular weight excluding hydrogens is 166 g/mol. The van der Waals surface area contributed by atoms with Crippen molar-refractivity contribution in [1.82, 2.24) is 10.2 Å². The summed E-state index contributed by atoms with van der Waals surface area (Å²) in [5.41, 5.74) is 5.92. The van der Waals surface area contributed by atoms with E-state index >= 15 is 0 Å². The van der Waals surface area contributed by atoms with Gasteiger partial charge in [-0.3, -0.25) is 0 Å². The summed E-state index contributed by atoms with van der Waals surface area (Å²) >= 11 is 0. The molecule has 0 aromatic rings. The first kappa shape index (κ1) is 8.81. The molecule has 4 nitrogen and oxygen atoms in total. The molecule has 0 radical (unpaired) electrons. The zero-order valence-electron chi connectivity index (χ0n) is 7.99. The van der Waals surface area contributed by atoms with Crippen molar-refractivity contribution >= 4 is 6.03 Å². The fourth-order valence-corrected chi connectivity index (χ4v) is 2.59. The minimum atomic E-state index is 0.0722. The zero-order chi connectivity index (χ0) is 9.42. The summed E-state index contributed by atoms with van der Waals surface area (Å²) in [6.07, 6.45) is 3.21. The van der Waals surface area contributed by atoms with Crippen LogP contribution in [0.25, 0.3) is 0 Å². The standard InChI is InChI=1S/C9H17N3O/c1-2-11-9(13)12-6-3-4-8(12)7(10)5-6/h6-8H,2-5,10H2,1H3,(H,11,13). The van der Waals surface area contributed by atoms with Gasteiger partial charge in [-0.05, 0) is 26.2 Å². The van der Waals surface area contributed by atoms with Gasteiger partial charge in [0.25, 0.3) is 0 Å². The van der Waals surface area contributed by atoms with Crippen molar-refractivity contribution < 1.29 is 4.79 Å². The predicted octanol–water partition coefficient (Wildman–Crippen LogP) is 0.280. The van der Waals surface area contributed by atoms with Gasteiger partial charge >= 0.3 is 6.03 Å². The molecule has 3 N–H and O–H groups in total. The Morgan fingerprint density at radius 3 is 2.85 bits per heavy atom. The van der Waals surface area contributed by atoms with Gasteiger partial charge in [0, 0.05) is 24.7 Å². The molecule has 2 rings (SSSR count). The van der Waals surface area contributed by atoms with Gasteiger partial charge in [0.15, 0.2) is 0 Å². The van der Waals surface area contributed by atoms with Crippen LogP contribution in [0, 0.1) is 0 Å². The van der Waals surface area contributed by atoms with Crippen LogP contribution in [0.5, 0.6) is 0 Å². The van der Waals surface area contributed by atoms with Crippen molar-refractivity contribution in [2.75, 3.05) is 6.54 Å². The van der Waals surface area contributed by atoms with Crippen LogP contribution >= 0.6 is 0 Å². The minimum Gasteiger partial charge on any atom is -0.338 e. The summed E-state index contributed by atoms with van der Waals surface area (Å²) < 4.78 is 0. The number of rotatable bonds is 1. The molecule has 0 aromatic carbocycles. The Morgan fingerprint density at radius 2 is 2.38 bits per heavy atom. The van der Waals surface area contributed by atoms with Gasteiger partial charge in [-0.25, -0.2) is 4.79 Å². The van der Waals surface area contributed by atoms with Crippen molar-refractivity contribution in [3.8, 4) is 0 Å². The molecular formula is C9H17N3O. The Labute approximate surface area is 78.5 Å². The molecule has 74 valence electrons. The van der Waals surface area contributed by atoms with E-state index < -0.39 is 0 Å². The molecule has 0 aromatic heterocycles. The van der Waals surface area contributed by atoms with Crippen LogP contribution in [-0.4, -0.2) is 35.6 Å². The van der Waals surface area contributed by atoms with Crippen LogP contribution < -0.4 is 11.1 Å². The van der Waals surface area contributed by atoms with E-state index in [-0.39, 0.29) is 12.1 Å². The van der Waals surface area contributed by atoms with Crippen LogP contribution in [0.2, 0.25) is 0 Å². The quantitative estimate of drug-likeness (QED) is 0.613. The molecule has 3 atom stereocenters. The second kappa shape index (κ2) is 3.18. The molecule has 3 unspecified atom stereocenters. The molecule has 2 amide bonds. The first-order valence-corrected chi connectivity index (χ1v) is 5.05. The van der Waals surface area contributed by atoms with Gasteiger partial charge in [-0.15, -0.1) is 0 Å². The highest BCUT2D eigenvalue weighted by atomic mass is 16.2. The normalized spacial score (nSPS) is 36.8. The highest BCUT2D eigenvalue weighted by molar-refractivity contribution is 5.75. The minimum absolute atomic E-state index is 0.0722. The maximum Gasteiger partial charge on any atom is 0.317 e. The number of fused-ring (bicyclic) bond motifs is 2. The highest BCUT2D eigenvalue weighted by Gasteiger charge is 2.46. The van der Waals surface area contributed by atoms with Crippen LogP contribution in [0.15, 0.2) is 0 Å². The Hall–Kier alpha value is -0.770. The summed E-state index contributed by atoms with van der Waals surface area (Å²) in [5.74, 6) is 0. The number of carbonyl (C=O) groups excluding carboxylic acids is 1. The zero-order valence-corrected chi connectivity index (χ0v) is 7.99. The molecule has 2 saturated heterocycles. The maximum atomic E-state index is 11.6. The van der Waals surface area contributed by atoms with Gasteiger partial charge < -0.3 is 16.0 Å². The molecule has 2 fully saturated rings. The number of amides is 2. The fraction of sp³-hybridized carbons (Fsp3) is 0.889. The second-order valence-corrected chi connectivity index (χ2v) is 3.94. The van der Waals surface area contributed by atoms with E-state index in [0.29, 0.717) is 18.6 Å².